The van der Waals surface area contributed by atoms with Gasteiger partial charge in [0.1, 0.15) is 6.61 Å². The molecule has 0 N–H and O–H groups in total. The van der Waals surface area contributed by atoms with Gasteiger partial charge in [0.05, 0.1) is 99.1 Å². The summed E-state index contributed by atoms with van der Waals surface area (Å²) in [4.78, 5) is 11.2. The Labute approximate surface area is 237 Å². The number of rotatable bonds is 31. The van der Waals surface area contributed by atoms with E-state index in [4.69, 9.17) is 42.6 Å². The largest absolute Gasteiger partial charge is 0.460 e. The Bertz CT molecular complexity index is 496. The van der Waals surface area contributed by atoms with Gasteiger partial charge in [-0.3, -0.25) is 0 Å². The third-order valence-corrected chi connectivity index (χ3v) is 5.35. The van der Waals surface area contributed by atoms with Gasteiger partial charge in [-0.25, -0.2) is 4.79 Å². The van der Waals surface area contributed by atoms with Gasteiger partial charge >= 0.3 is 5.97 Å². The first-order valence-electron chi connectivity index (χ1n) is 13.2. The molecule has 0 amide bonds. The quantitative estimate of drug-likeness (QED) is 0.0367. The van der Waals surface area contributed by atoms with Crippen molar-refractivity contribution in [3.63, 3.8) is 0 Å². The van der Waals surface area contributed by atoms with Crippen molar-refractivity contribution < 1.29 is 47.4 Å². The van der Waals surface area contributed by atoms with E-state index < -0.39 is 5.97 Å². The first-order chi connectivity index (χ1) is 18.2. The number of hydrogen-bond donors (Lipinski definition) is 0. The molecule has 0 bridgehead atoms. The van der Waals surface area contributed by atoms with Gasteiger partial charge < -0.3 is 42.6 Å². The molecule has 0 heterocycles. The number of halogens is 1. The van der Waals surface area contributed by atoms with Crippen LogP contribution in [0.25, 0.3) is 0 Å². The van der Waals surface area contributed by atoms with Gasteiger partial charge in [-0.15, -0.1) is 0 Å². The van der Waals surface area contributed by atoms with Gasteiger partial charge in [0.2, 0.25) is 0 Å². The summed E-state index contributed by atoms with van der Waals surface area (Å²) in [5, 5.41) is 0. The van der Waals surface area contributed by atoms with E-state index in [9.17, 15) is 4.79 Å². The van der Waals surface area contributed by atoms with E-state index in [1.165, 1.54) is 23.7 Å². The van der Waals surface area contributed by atoms with Gasteiger partial charge in [-0.1, -0.05) is 42.0 Å². The molecule has 0 fully saturated rings. The molecule has 0 aromatic rings. The highest BCUT2D eigenvalue weighted by Gasteiger charge is 2.01. The molecule has 0 rings (SSSR count). The van der Waals surface area contributed by atoms with Crippen molar-refractivity contribution in [1.29, 1.82) is 0 Å². The van der Waals surface area contributed by atoms with Gasteiger partial charge in [0.15, 0.2) is 0 Å². The molecule has 0 saturated heterocycles. The number of carbonyl (C=O) groups is 1. The maximum absolute atomic E-state index is 11.2. The first-order valence-corrected chi connectivity index (χ1v) is 14.7. The molecule has 10 nitrogen and oxygen atoms in total. The fourth-order valence-electron chi connectivity index (χ4n) is 2.61. The molecule has 0 aliphatic rings. The number of alkyl halides is 1. The second kappa shape index (κ2) is 31.8. The number of ether oxygens (including phenoxy) is 9. The summed E-state index contributed by atoms with van der Waals surface area (Å²) in [6.45, 7) is 13.8. The molecule has 0 spiro atoms. The minimum atomic E-state index is -0.407. The third kappa shape index (κ3) is 31.7. The third-order valence-electron chi connectivity index (χ3n) is 4.59. The van der Waals surface area contributed by atoms with Crippen LogP contribution >= 0.6 is 22.6 Å². The van der Waals surface area contributed by atoms with Crippen molar-refractivity contribution in [2.24, 2.45) is 0 Å². The Hall–Kier alpha value is -0.380. The second-order valence-corrected chi connectivity index (χ2v) is 9.00. The number of esters is 1. The van der Waals surface area contributed by atoms with E-state index in [0.717, 1.165) is 13.0 Å². The zero-order chi connectivity index (χ0) is 27.1. The molecule has 0 aromatic carbocycles. The van der Waals surface area contributed by atoms with Crippen molar-refractivity contribution in [2.45, 2.75) is 32.6 Å². The highest BCUT2D eigenvalue weighted by Crippen LogP contribution is 2.02. The summed E-state index contributed by atoms with van der Waals surface area (Å²) in [5.41, 5.74) is 0.376. The van der Waals surface area contributed by atoms with Gasteiger partial charge in [0.25, 0.3) is 0 Å². The first kappa shape index (κ1) is 36.6. The Morgan fingerprint density at radius 3 is 1.11 bits per heavy atom. The highest BCUT2D eigenvalue weighted by atomic mass is 127. The van der Waals surface area contributed by atoms with E-state index in [0.29, 0.717) is 105 Å². The fraction of sp³-hybridized carbons (Fsp3) is 0.885. The molecule has 0 unspecified atom stereocenters. The van der Waals surface area contributed by atoms with E-state index in [2.05, 4.69) is 29.2 Å². The van der Waals surface area contributed by atoms with Crippen molar-refractivity contribution in [3.05, 3.63) is 12.2 Å². The van der Waals surface area contributed by atoms with E-state index in [-0.39, 0.29) is 6.61 Å². The minimum absolute atomic E-state index is 0.207. The summed E-state index contributed by atoms with van der Waals surface area (Å²) >= 11 is 2.42. The Balaban J connectivity index is 3.05. The van der Waals surface area contributed by atoms with E-state index in [1.54, 1.807) is 6.92 Å². The molecule has 37 heavy (non-hydrogen) atoms. The summed E-state index contributed by atoms with van der Waals surface area (Å²) < 4.78 is 49.6. The molecule has 0 aliphatic carbocycles. The zero-order valence-electron chi connectivity index (χ0n) is 22.7. The van der Waals surface area contributed by atoms with Crippen molar-refractivity contribution >= 4 is 28.6 Å². The van der Waals surface area contributed by atoms with Crippen LogP contribution in [0.3, 0.4) is 0 Å². The van der Waals surface area contributed by atoms with Crippen molar-refractivity contribution in [2.75, 3.05) is 117 Å². The average molecular weight is 649 g/mol. The topological polar surface area (TPSA) is 100 Å². The van der Waals surface area contributed by atoms with E-state index in [1.807, 2.05) is 0 Å². The molecule has 0 saturated carbocycles. The van der Waals surface area contributed by atoms with Crippen LogP contribution in [0.15, 0.2) is 12.2 Å². The van der Waals surface area contributed by atoms with Crippen molar-refractivity contribution in [3.8, 4) is 0 Å². The van der Waals surface area contributed by atoms with Crippen LogP contribution in [0.2, 0.25) is 0 Å². The van der Waals surface area contributed by atoms with Gasteiger partial charge in [-0.05, 0) is 24.2 Å². The fourth-order valence-corrected chi connectivity index (χ4v) is 3.15. The number of hydrogen-bond acceptors (Lipinski definition) is 10. The maximum Gasteiger partial charge on any atom is 0.333 e. The lowest BCUT2D eigenvalue weighted by molar-refractivity contribution is -0.140. The second-order valence-electron chi connectivity index (χ2n) is 7.92. The molecule has 0 aliphatic heterocycles. The van der Waals surface area contributed by atoms with Crippen LogP contribution < -0.4 is 0 Å². The summed E-state index contributed by atoms with van der Waals surface area (Å²) in [5.74, 6) is -0.407. The number of carbonyl (C=O) groups excluding carboxylic acids is 1. The van der Waals surface area contributed by atoms with Crippen LogP contribution in [0.1, 0.15) is 32.6 Å². The summed E-state index contributed by atoms with van der Waals surface area (Å²) in [7, 11) is 0. The lowest BCUT2D eigenvalue weighted by Crippen LogP contribution is -2.15. The Morgan fingerprint density at radius 1 is 0.486 bits per heavy atom. The van der Waals surface area contributed by atoms with Crippen LogP contribution in [0, 0.1) is 0 Å². The zero-order valence-corrected chi connectivity index (χ0v) is 24.9. The SMILES string of the molecule is C=C(C)C(=O)OCCOCCOCCOCCOCCOCCOCCOCCOCCCCCCI. The Morgan fingerprint density at radius 2 is 0.784 bits per heavy atom. The maximum atomic E-state index is 11.2. The van der Waals surface area contributed by atoms with Gasteiger partial charge in [0, 0.05) is 12.2 Å². The number of unbranched alkanes of at least 4 members (excludes halogenated alkanes) is 3. The molecule has 0 atom stereocenters. The predicted molar refractivity (Wildman–Crippen MR) is 150 cm³/mol. The highest BCUT2D eigenvalue weighted by molar-refractivity contribution is 14.1. The minimum Gasteiger partial charge on any atom is -0.460 e. The van der Waals surface area contributed by atoms with Crippen LogP contribution in [-0.4, -0.2) is 123 Å². The predicted octanol–water partition coefficient (Wildman–Crippen LogP) is 3.23. The average Bonchev–Trinajstić information content (AvgIpc) is 2.89. The summed E-state index contributed by atoms with van der Waals surface area (Å²) in [6, 6.07) is 0. The molecular formula is C26H49IO10. The molecule has 0 radical (unpaired) electrons. The van der Waals surface area contributed by atoms with Crippen LogP contribution in [0.5, 0.6) is 0 Å². The molecule has 220 valence electrons. The Kier molecular flexibility index (Phi) is 31.5. The normalized spacial score (nSPS) is 11.2. The molecule has 0 aromatic heterocycles. The van der Waals surface area contributed by atoms with Gasteiger partial charge in [-0.2, -0.15) is 0 Å². The smallest absolute Gasteiger partial charge is 0.333 e. The summed E-state index contributed by atoms with van der Waals surface area (Å²) in [6.07, 6.45) is 4.97. The molecule has 11 heteroatoms. The monoisotopic (exact) mass is 648 g/mol. The van der Waals surface area contributed by atoms with Crippen molar-refractivity contribution in [1.82, 2.24) is 0 Å². The van der Waals surface area contributed by atoms with Crippen LogP contribution in [0.4, 0.5) is 0 Å². The van der Waals surface area contributed by atoms with Crippen LogP contribution in [-0.2, 0) is 47.4 Å². The van der Waals surface area contributed by atoms with E-state index >= 15 is 0 Å². The lowest BCUT2D eigenvalue weighted by atomic mass is 10.2. The molecular weight excluding hydrogens is 599 g/mol. The lowest BCUT2D eigenvalue weighted by Gasteiger charge is -2.09. The standard InChI is InChI=1S/C26H49IO10/c1-25(2)26(28)37-24-23-36-22-21-35-20-19-34-18-17-33-16-15-32-14-13-31-12-11-30-10-9-29-8-6-4-3-5-7-27/h1,3-24H2,2H3.